The minimum absolute atomic E-state index is 0.382. The van der Waals surface area contributed by atoms with Crippen molar-refractivity contribution in [3.8, 4) is 0 Å². The molecule has 2 rings (SSSR count). The third-order valence-electron chi connectivity index (χ3n) is 5.91. The van der Waals surface area contributed by atoms with Crippen LogP contribution in [-0.2, 0) is 0 Å². The normalized spacial score (nSPS) is 44.5. The molecule has 2 fully saturated rings. The summed E-state index contributed by atoms with van der Waals surface area (Å²) in [6.07, 6.45) is 9.57. The lowest BCUT2D eigenvalue weighted by molar-refractivity contribution is 0.0427. The van der Waals surface area contributed by atoms with Crippen LogP contribution in [0.5, 0.6) is 0 Å². The summed E-state index contributed by atoms with van der Waals surface area (Å²) in [5.41, 5.74) is 6.48. The molecule has 2 aliphatic rings. The Balaban J connectivity index is 1.93. The monoisotopic (exact) mass is 266 g/mol. The van der Waals surface area contributed by atoms with Crippen LogP contribution in [0.2, 0.25) is 0 Å². The summed E-state index contributed by atoms with van der Waals surface area (Å²) in [5.74, 6) is 2.56. The Kier molecular flexibility index (Phi) is 5.30. The molecule has 0 heterocycles. The van der Waals surface area contributed by atoms with Gasteiger partial charge < -0.3 is 5.73 Å². The van der Waals surface area contributed by atoms with E-state index in [1.165, 1.54) is 44.9 Å². The Morgan fingerprint density at radius 2 is 1.68 bits per heavy atom. The van der Waals surface area contributed by atoms with Crippen LogP contribution in [0.4, 0.5) is 0 Å². The van der Waals surface area contributed by atoms with Crippen molar-refractivity contribution in [1.29, 1.82) is 0 Å². The molecule has 0 aliphatic heterocycles. The fourth-order valence-corrected chi connectivity index (χ4v) is 4.80. The summed E-state index contributed by atoms with van der Waals surface area (Å²) in [6.45, 7) is 7.11. The third kappa shape index (κ3) is 3.52. The number of likely N-dealkylation sites (N-methyl/N-ethyl adjacent to an activating group) is 1. The van der Waals surface area contributed by atoms with E-state index in [2.05, 4.69) is 32.7 Å². The zero-order valence-electron chi connectivity index (χ0n) is 13.4. The van der Waals surface area contributed by atoms with Gasteiger partial charge in [-0.1, -0.05) is 27.2 Å². The van der Waals surface area contributed by atoms with Crippen LogP contribution in [0.3, 0.4) is 0 Å². The first-order valence-corrected chi connectivity index (χ1v) is 8.50. The Morgan fingerprint density at radius 3 is 2.21 bits per heavy atom. The quantitative estimate of drug-likeness (QED) is 0.845. The van der Waals surface area contributed by atoms with E-state index < -0.39 is 0 Å². The van der Waals surface area contributed by atoms with Gasteiger partial charge in [0.2, 0.25) is 0 Å². The molecule has 0 amide bonds. The minimum atomic E-state index is 0.382. The standard InChI is InChI=1S/C17H34N2/c1-5-14-6-8-15(9-7-14)19(4)17-13(3)10-12(2)11-16(17)18/h12-17H,5-11,18H2,1-4H3. The SMILES string of the molecule is CCC1CCC(N(C)C2C(C)CC(C)CC2N)CC1. The number of rotatable bonds is 3. The lowest BCUT2D eigenvalue weighted by Crippen LogP contribution is -2.56. The van der Waals surface area contributed by atoms with E-state index >= 15 is 0 Å². The van der Waals surface area contributed by atoms with Crippen LogP contribution in [-0.4, -0.2) is 30.1 Å². The number of hydrogen-bond donors (Lipinski definition) is 1. The zero-order valence-corrected chi connectivity index (χ0v) is 13.4. The molecule has 0 saturated heterocycles. The van der Waals surface area contributed by atoms with Gasteiger partial charge in [0.25, 0.3) is 0 Å². The van der Waals surface area contributed by atoms with Crippen molar-refractivity contribution < 1.29 is 0 Å². The fraction of sp³-hybridized carbons (Fsp3) is 1.00. The summed E-state index contributed by atoms with van der Waals surface area (Å²) in [7, 11) is 2.34. The average molecular weight is 266 g/mol. The van der Waals surface area contributed by atoms with Crippen molar-refractivity contribution in [1.82, 2.24) is 4.90 Å². The summed E-state index contributed by atoms with van der Waals surface area (Å²) < 4.78 is 0. The lowest BCUT2D eigenvalue weighted by atomic mass is 9.75. The molecule has 0 bridgehead atoms. The van der Waals surface area contributed by atoms with Gasteiger partial charge in [-0.25, -0.2) is 0 Å². The van der Waals surface area contributed by atoms with Crippen molar-refractivity contribution in [2.45, 2.75) is 83.8 Å². The molecule has 2 nitrogen and oxygen atoms in total. The highest BCUT2D eigenvalue weighted by atomic mass is 15.2. The van der Waals surface area contributed by atoms with E-state index in [-0.39, 0.29) is 0 Å². The van der Waals surface area contributed by atoms with Crippen molar-refractivity contribution in [3.05, 3.63) is 0 Å². The van der Waals surface area contributed by atoms with Gasteiger partial charge in [-0.15, -0.1) is 0 Å². The highest BCUT2D eigenvalue weighted by Gasteiger charge is 2.37. The van der Waals surface area contributed by atoms with Crippen molar-refractivity contribution in [2.24, 2.45) is 23.5 Å². The molecule has 0 aromatic carbocycles. The Labute approximate surface area is 120 Å². The first-order chi connectivity index (χ1) is 9.02. The predicted octanol–water partition coefficient (Wildman–Crippen LogP) is 3.65. The molecule has 0 radical (unpaired) electrons. The topological polar surface area (TPSA) is 29.3 Å². The molecule has 0 aromatic rings. The van der Waals surface area contributed by atoms with Crippen LogP contribution in [0.15, 0.2) is 0 Å². The van der Waals surface area contributed by atoms with E-state index in [4.69, 9.17) is 5.73 Å². The summed E-state index contributed by atoms with van der Waals surface area (Å²) in [4.78, 5) is 2.66. The van der Waals surface area contributed by atoms with Gasteiger partial charge in [-0.2, -0.15) is 0 Å². The number of nitrogens with two attached hydrogens (primary N) is 1. The van der Waals surface area contributed by atoms with E-state index in [0.717, 1.165) is 23.8 Å². The third-order valence-corrected chi connectivity index (χ3v) is 5.91. The predicted molar refractivity (Wildman–Crippen MR) is 83.1 cm³/mol. The van der Waals surface area contributed by atoms with Gasteiger partial charge in [0, 0.05) is 18.1 Å². The second-order valence-corrected chi connectivity index (χ2v) is 7.46. The molecule has 4 unspecified atom stereocenters. The van der Waals surface area contributed by atoms with Crippen molar-refractivity contribution >= 4 is 0 Å². The molecule has 0 aromatic heterocycles. The Bertz CT molecular complexity index is 258. The van der Waals surface area contributed by atoms with Crippen LogP contribution < -0.4 is 5.73 Å². The molecule has 112 valence electrons. The fourth-order valence-electron chi connectivity index (χ4n) is 4.80. The van der Waals surface area contributed by atoms with E-state index in [9.17, 15) is 0 Å². The molecule has 4 atom stereocenters. The highest BCUT2D eigenvalue weighted by Crippen LogP contribution is 2.35. The second kappa shape index (κ2) is 6.58. The second-order valence-electron chi connectivity index (χ2n) is 7.46. The number of hydrogen-bond acceptors (Lipinski definition) is 2. The first kappa shape index (κ1) is 15.3. The highest BCUT2D eigenvalue weighted by molar-refractivity contribution is 4.94. The Morgan fingerprint density at radius 1 is 1.05 bits per heavy atom. The molecule has 2 heteroatoms. The molecule has 2 N–H and O–H groups in total. The molecular weight excluding hydrogens is 232 g/mol. The van der Waals surface area contributed by atoms with Gasteiger partial charge in [0.1, 0.15) is 0 Å². The van der Waals surface area contributed by atoms with Gasteiger partial charge in [0.05, 0.1) is 0 Å². The molecule has 0 spiro atoms. The minimum Gasteiger partial charge on any atom is -0.326 e. The van der Waals surface area contributed by atoms with Crippen LogP contribution in [0.25, 0.3) is 0 Å². The van der Waals surface area contributed by atoms with E-state index in [1.807, 2.05) is 0 Å². The van der Waals surface area contributed by atoms with E-state index in [1.54, 1.807) is 0 Å². The first-order valence-electron chi connectivity index (χ1n) is 8.50. The lowest BCUT2D eigenvalue weighted by Gasteiger charge is -2.47. The van der Waals surface area contributed by atoms with Gasteiger partial charge in [-0.05, 0) is 63.3 Å². The van der Waals surface area contributed by atoms with Crippen LogP contribution in [0, 0.1) is 17.8 Å². The summed E-state index contributed by atoms with van der Waals surface area (Å²) >= 11 is 0. The largest absolute Gasteiger partial charge is 0.326 e. The maximum absolute atomic E-state index is 6.48. The number of nitrogens with zero attached hydrogens (tertiary/aromatic N) is 1. The molecular formula is C17H34N2. The molecule has 2 saturated carbocycles. The summed E-state index contributed by atoms with van der Waals surface area (Å²) in [5, 5.41) is 0. The van der Waals surface area contributed by atoms with E-state index in [0.29, 0.717) is 12.1 Å². The maximum atomic E-state index is 6.48. The van der Waals surface area contributed by atoms with Crippen molar-refractivity contribution in [3.63, 3.8) is 0 Å². The molecule has 19 heavy (non-hydrogen) atoms. The Hall–Kier alpha value is -0.0800. The van der Waals surface area contributed by atoms with Crippen LogP contribution in [0.1, 0.15) is 65.7 Å². The maximum Gasteiger partial charge on any atom is 0.0272 e. The van der Waals surface area contributed by atoms with Crippen molar-refractivity contribution in [2.75, 3.05) is 7.05 Å². The molecule has 2 aliphatic carbocycles. The van der Waals surface area contributed by atoms with Gasteiger partial charge in [0.15, 0.2) is 0 Å². The smallest absolute Gasteiger partial charge is 0.0272 e. The van der Waals surface area contributed by atoms with Gasteiger partial charge in [-0.3, -0.25) is 4.90 Å². The average Bonchev–Trinajstić information content (AvgIpc) is 2.37. The summed E-state index contributed by atoms with van der Waals surface area (Å²) in [6, 6.07) is 1.78. The zero-order chi connectivity index (χ0) is 14.0. The van der Waals surface area contributed by atoms with Gasteiger partial charge >= 0.3 is 0 Å². The van der Waals surface area contributed by atoms with Crippen LogP contribution >= 0.6 is 0 Å².